The first-order valence-corrected chi connectivity index (χ1v) is 9.74. The predicted molar refractivity (Wildman–Crippen MR) is 103 cm³/mol. The van der Waals surface area contributed by atoms with Gasteiger partial charge in [0.15, 0.2) is 0 Å². The molecule has 1 N–H and O–H groups in total. The summed E-state index contributed by atoms with van der Waals surface area (Å²) in [4.78, 5) is 13.2. The van der Waals surface area contributed by atoms with E-state index in [1.54, 1.807) is 0 Å². The molecule has 0 bridgehead atoms. The van der Waals surface area contributed by atoms with Gasteiger partial charge in [0.25, 0.3) is 0 Å². The zero-order valence-electron chi connectivity index (χ0n) is 16.3. The molecule has 1 aromatic heterocycles. The van der Waals surface area contributed by atoms with E-state index in [-0.39, 0.29) is 22.8 Å². The van der Waals surface area contributed by atoms with Crippen LogP contribution in [-0.4, -0.2) is 15.7 Å². The number of carbonyl (C=O) groups is 1. The molecule has 0 saturated heterocycles. The number of carbonyl (C=O) groups excluding carboxylic acids is 1. The fourth-order valence-electron chi connectivity index (χ4n) is 4.21. The fourth-order valence-corrected chi connectivity index (χ4v) is 4.21. The largest absolute Gasteiger partial charge is 0.348 e. The van der Waals surface area contributed by atoms with Crippen molar-refractivity contribution in [1.82, 2.24) is 15.1 Å². The normalized spacial score (nSPS) is 21.2. The Morgan fingerprint density at radius 1 is 1.23 bits per heavy atom. The van der Waals surface area contributed by atoms with Gasteiger partial charge in [-0.15, -0.1) is 0 Å². The van der Waals surface area contributed by atoms with E-state index >= 15 is 0 Å². The highest BCUT2D eigenvalue weighted by molar-refractivity contribution is 5.91. The highest BCUT2D eigenvalue weighted by atomic mass is 16.2. The van der Waals surface area contributed by atoms with E-state index < -0.39 is 0 Å². The summed E-state index contributed by atoms with van der Waals surface area (Å²) < 4.78 is 1.95. The SMILES string of the molecule is Cn1ncc2c1CCCC2NC(=O)C1(c2ccc(C(C)(C)C)cc2)CC1. The van der Waals surface area contributed by atoms with Crippen LogP contribution in [-0.2, 0) is 29.1 Å². The first-order chi connectivity index (χ1) is 12.3. The number of nitrogens with one attached hydrogen (secondary N) is 1. The van der Waals surface area contributed by atoms with Crippen LogP contribution in [0.1, 0.15) is 74.9 Å². The standard InChI is InChI=1S/C22H29N3O/c1-21(2,3)15-8-10-16(11-9-15)22(12-13-22)20(26)24-18-6-5-7-19-17(18)14-23-25(19)4/h8-11,14,18H,5-7,12-13H2,1-4H3,(H,24,26). The van der Waals surface area contributed by atoms with Gasteiger partial charge in [-0.25, -0.2) is 0 Å². The van der Waals surface area contributed by atoms with Crippen LogP contribution in [0.4, 0.5) is 0 Å². The maximum Gasteiger partial charge on any atom is 0.231 e. The number of amides is 1. The predicted octanol–water partition coefficient (Wildman–Crippen LogP) is 3.94. The van der Waals surface area contributed by atoms with Crippen molar-refractivity contribution in [3.63, 3.8) is 0 Å². The quantitative estimate of drug-likeness (QED) is 0.910. The Morgan fingerprint density at radius 3 is 2.54 bits per heavy atom. The summed E-state index contributed by atoms with van der Waals surface area (Å²) in [6.07, 6.45) is 6.98. The summed E-state index contributed by atoms with van der Waals surface area (Å²) in [6, 6.07) is 8.78. The molecule has 1 saturated carbocycles. The van der Waals surface area contributed by atoms with E-state index in [1.165, 1.54) is 16.8 Å². The van der Waals surface area contributed by atoms with E-state index in [0.29, 0.717) is 0 Å². The molecule has 1 unspecified atom stereocenters. The lowest BCUT2D eigenvalue weighted by atomic mass is 9.84. The average Bonchev–Trinajstić information content (AvgIpc) is 3.34. The third-order valence-electron chi connectivity index (χ3n) is 6.17. The molecule has 1 aromatic carbocycles. The molecule has 138 valence electrons. The summed E-state index contributed by atoms with van der Waals surface area (Å²) in [5.41, 5.74) is 4.74. The number of hydrogen-bond acceptors (Lipinski definition) is 2. The second-order valence-corrected chi connectivity index (χ2v) is 9.00. The molecule has 2 aromatic rings. The van der Waals surface area contributed by atoms with Crippen molar-refractivity contribution in [3.8, 4) is 0 Å². The highest BCUT2D eigenvalue weighted by Crippen LogP contribution is 2.49. The molecule has 2 aliphatic carbocycles. The lowest BCUT2D eigenvalue weighted by Crippen LogP contribution is -2.38. The van der Waals surface area contributed by atoms with Crippen molar-refractivity contribution >= 4 is 5.91 Å². The van der Waals surface area contributed by atoms with Crippen LogP contribution in [0, 0.1) is 0 Å². The Labute approximate surface area is 156 Å². The van der Waals surface area contributed by atoms with Crippen molar-refractivity contribution < 1.29 is 4.79 Å². The van der Waals surface area contributed by atoms with Gasteiger partial charge in [0, 0.05) is 18.3 Å². The summed E-state index contributed by atoms with van der Waals surface area (Å²) in [5.74, 6) is 0.183. The van der Waals surface area contributed by atoms with Gasteiger partial charge >= 0.3 is 0 Å². The second-order valence-electron chi connectivity index (χ2n) is 9.00. The maximum atomic E-state index is 13.2. The summed E-state index contributed by atoms with van der Waals surface area (Å²) in [6.45, 7) is 6.66. The van der Waals surface area contributed by atoms with Gasteiger partial charge in [-0.05, 0) is 48.6 Å². The molecule has 1 atom stereocenters. The Morgan fingerprint density at radius 2 is 1.92 bits per heavy atom. The van der Waals surface area contributed by atoms with E-state index in [4.69, 9.17) is 0 Å². The van der Waals surface area contributed by atoms with Gasteiger partial charge in [-0.2, -0.15) is 5.10 Å². The molecule has 4 rings (SSSR count). The van der Waals surface area contributed by atoms with Crippen LogP contribution in [0.3, 0.4) is 0 Å². The third kappa shape index (κ3) is 2.85. The Hall–Kier alpha value is -2.10. The zero-order chi connectivity index (χ0) is 18.5. The van der Waals surface area contributed by atoms with Crippen molar-refractivity contribution in [2.45, 2.75) is 69.7 Å². The monoisotopic (exact) mass is 351 g/mol. The molecule has 1 amide bonds. The summed E-state index contributed by atoms with van der Waals surface area (Å²) >= 11 is 0. The summed E-state index contributed by atoms with van der Waals surface area (Å²) in [5, 5.41) is 7.73. The number of rotatable bonds is 3. The zero-order valence-corrected chi connectivity index (χ0v) is 16.3. The molecule has 0 aliphatic heterocycles. The molecule has 0 spiro atoms. The fraction of sp³-hybridized carbons (Fsp3) is 0.545. The van der Waals surface area contributed by atoms with Crippen molar-refractivity contribution in [2.75, 3.05) is 0 Å². The lowest BCUT2D eigenvalue weighted by molar-refractivity contribution is -0.124. The number of aryl methyl sites for hydroxylation is 1. The highest BCUT2D eigenvalue weighted by Gasteiger charge is 2.51. The Kier molecular flexibility index (Phi) is 3.98. The molecule has 2 aliphatic rings. The van der Waals surface area contributed by atoms with Crippen LogP contribution in [0.2, 0.25) is 0 Å². The van der Waals surface area contributed by atoms with E-state index in [0.717, 1.165) is 37.7 Å². The minimum Gasteiger partial charge on any atom is -0.348 e. The molecule has 1 heterocycles. The Balaban J connectivity index is 1.53. The molecule has 0 radical (unpaired) electrons. The molecule has 4 heteroatoms. The van der Waals surface area contributed by atoms with Gasteiger partial charge in [0.1, 0.15) is 0 Å². The molecule has 26 heavy (non-hydrogen) atoms. The summed E-state index contributed by atoms with van der Waals surface area (Å²) in [7, 11) is 1.99. The van der Waals surface area contributed by atoms with Crippen molar-refractivity contribution in [3.05, 3.63) is 52.8 Å². The second kappa shape index (κ2) is 5.97. The van der Waals surface area contributed by atoms with E-state index in [1.807, 2.05) is 17.9 Å². The number of aromatic nitrogens is 2. The van der Waals surface area contributed by atoms with Gasteiger partial charge in [-0.3, -0.25) is 9.48 Å². The smallest absolute Gasteiger partial charge is 0.231 e. The number of hydrogen-bond donors (Lipinski definition) is 1. The maximum absolute atomic E-state index is 13.2. The first kappa shape index (κ1) is 17.3. The number of nitrogens with zero attached hydrogens (tertiary/aromatic N) is 2. The topological polar surface area (TPSA) is 46.9 Å². The van der Waals surface area contributed by atoms with Gasteiger partial charge in [0.05, 0.1) is 17.7 Å². The average molecular weight is 351 g/mol. The van der Waals surface area contributed by atoms with Crippen LogP contribution >= 0.6 is 0 Å². The van der Waals surface area contributed by atoms with Gasteiger partial charge in [-0.1, -0.05) is 45.0 Å². The molecular formula is C22H29N3O. The van der Waals surface area contributed by atoms with E-state index in [9.17, 15) is 4.79 Å². The van der Waals surface area contributed by atoms with Crippen LogP contribution in [0.25, 0.3) is 0 Å². The van der Waals surface area contributed by atoms with Crippen LogP contribution in [0.15, 0.2) is 30.5 Å². The Bertz CT molecular complexity index is 822. The third-order valence-corrected chi connectivity index (χ3v) is 6.17. The van der Waals surface area contributed by atoms with E-state index in [2.05, 4.69) is 55.5 Å². The molecule has 4 nitrogen and oxygen atoms in total. The lowest BCUT2D eigenvalue weighted by Gasteiger charge is -2.27. The number of benzene rings is 1. The van der Waals surface area contributed by atoms with Crippen LogP contribution < -0.4 is 5.32 Å². The van der Waals surface area contributed by atoms with Crippen molar-refractivity contribution in [2.24, 2.45) is 7.05 Å². The first-order valence-electron chi connectivity index (χ1n) is 9.74. The van der Waals surface area contributed by atoms with Gasteiger partial charge in [0.2, 0.25) is 5.91 Å². The molecular weight excluding hydrogens is 322 g/mol. The van der Waals surface area contributed by atoms with Crippen molar-refractivity contribution in [1.29, 1.82) is 0 Å². The minimum absolute atomic E-state index is 0.103. The van der Waals surface area contributed by atoms with Crippen LogP contribution in [0.5, 0.6) is 0 Å². The minimum atomic E-state index is -0.323. The van der Waals surface area contributed by atoms with Gasteiger partial charge < -0.3 is 5.32 Å². The molecule has 1 fully saturated rings. The number of fused-ring (bicyclic) bond motifs is 1.